The fourth-order valence-corrected chi connectivity index (χ4v) is 2.18. The number of hydrogen-bond donors (Lipinski definition) is 1. The Kier molecular flexibility index (Phi) is 3.76. The lowest BCUT2D eigenvalue weighted by Gasteiger charge is -2.13. The van der Waals surface area contributed by atoms with Crippen LogP contribution in [0.15, 0.2) is 36.5 Å². The van der Waals surface area contributed by atoms with Crippen LogP contribution in [-0.2, 0) is 0 Å². The average molecular weight is 292 g/mol. The Bertz CT molecular complexity index is 601. The van der Waals surface area contributed by atoms with Gasteiger partial charge >= 0.3 is 0 Å². The number of pyridine rings is 1. The molecule has 1 N–H and O–H groups in total. The maximum atomic E-state index is 10.4. The zero-order chi connectivity index (χ0) is 13.9. The van der Waals surface area contributed by atoms with Crippen LogP contribution in [0.25, 0.3) is 0 Å². The van der Waals surface area contributed by atoms with Gasteiger partial charge < -0.3 is 14.6 Å². The molecule has 1 aromatic carbocycles. The second-order valence-corrected chi connectivity index (χ2v) is 5.00. The van der Waals surface area contributed by atoms with Crippen LogP contribution < -0.4 is 9.47 Å². The largest absolute Gasteiger partial charge is 0.490 e. The molecule has 1 atom stereocenters. The molecular weight excluding hydrogens is 278 g/mol. The van der Waals surface area contributed by atoms with Gasteiger partial charge in [-0.1, -0.05) is 17.7 Å². The molecule has 4 nitrogen and oxygen atoms in total. The molecule has 1 aliphatic rings. The third kappa shape index (κ3) is 2.71. The van der Waals surface area contributed by atoms with Crippen molar-refractivity contribution in [3.63, 3.8) is 0 Å². The molecule has 1 aromatic heterocycles. The minimum atomic E-state index is -0.815. The van der Waals surface area contributed by atoms with E-state index in [2.05, 4.69) is 4.98 Å². The summed E-state index contributed by atoms with van der Waals surface area (Å²) in [4.78, 5) is 4.13. The van der Waals surface area contributed by atoms with E-state index in [9.17, 15) is 5.11 Å². The van der Waals surface area contributed by atoms with Crippen molar-refractivity contribution in [3.05, 3.63) is 52.8 Å². The lowest BCUT2D eigenvalue weighted by Crippen LogP contribution is -2.03. The minimum Gasteiger partial charge on any atom is -0.490 e. The summed E-state index contributed by atoms with van der Waals surface area (Å²) in [5.41, 5.74) is 1.26. The summed E-state index contributed by atoms with van der Waals surface area (Å²) in [7, 11) is 0. The molecule has 0 bridgehead atoms. The molecule has 0 spiro atoms. The standard InChI is InChI=1S/C15H14ClNO3/c16-11-3-4-12(17-9-11)15(18)10-2-5-13-14(8-10)20-7-1-6-19-13/h2-5,8-9,15,18H,1,6-7H2. The highest BCUT2D eigenvalue weighted by atomic mass is 35.5. The number of fused-ring (bicyclic) bond motifs is 1. The maximum absolute atomic E-state index is 10.4. The molecular formula is C15H14ClNO3. The first-order chi connectivity index (χ1) is 9.74. The van der Waals surface area contributed by atoms with Crippen LogP contribution in [0.2, 0.25) is 5.02 Å². The fourth-order valence-electron chi connectivity index (χ4n) is 2.07. The van der Waals surface area contributed by atoms with Crippen LogP contribution in [-0.4, -0.2) is 23.3 Å². The van der Waals surface area contributed by atoms with Crippen molar-refractivity contribution in [3.8, 4) is 11.5 Å². The van der Waals surface area contributed by atoms with Crippen LogP contribution in [0.3, 0.4) is 0 Å². The molecule has 1 unspecified atom stereocenters. The summed E-state index contributed by atoms with van der Waals surface area (Å²) in [6.07, 6.45) is 1.55. The summed E-state index contributed by atoms with van der Waals surface area (Å²) < 4.78 is 11.2. The monoisotopic (exact) mass is 291 g/mol. The van der Waals surface area contributed by atoms with Crippen molar-refractivity contribution in [1.82, 2.24) is 4.98 Å². The molecule has 0 amide bonds. The number of nitrogens with zero attached hydrogens (tertiary/aromatic N) is 1. The second kappa shape index (κ2) is 5.69. The van der Waals surface area contributed by atoms with Gasteiger partial charge in [-0.3, -0.25) is 4.98 Å². The summed E-state index contributed by atoms with van der Waals surface area (Å²) in [6.45, 7) is 1.26. The Balaban J connectivity index is 1.90. The highest BCUT2D eigenvalue weighted by Gasteiger charge is 2.16. The molecule has 0 aliphatic carbocycles. The number of aromatic nitrogens is 1. The number of benzene rings is 1. The Hall–Kier alpha value is -1.78. The van der Waals surface area contributed by atoms with Gasteiger partial charge in [0.25, 0.3) is 0 Å². The van der Waals surface area contributed by atoms with Gasteiger partial charge in [0.15, 0.2) is 11.5 Å². The molecule has 0 saturated carbocycles. The smallest absolute Gasteiger partial charge is 0.161 e. The van der Waals surface area contributed by atoms with Gasteiger partial charge in [0.2, 0.25) is 0 Å². The van der Waals surface area contributed by atoms with E-state index < -0.39 is 6.10 Å². The van der Waals surface area contributed by atoms with Gasteiger partial charge in [-0.25, -0.2) is 0 Å². The van der Waals surface area contributed by atoms with Crippen LogP contribution >= 0.6 is 11.6 Å². The van der Waals surface area contributed by atoms with E-state index >= 15 is 0 Å². The molecule has 0 saturated heterocycles. The van der Waals surface area contributed by atoms with Gasteiger partial charge in [0.05, 0.1) is 23.9 Å². The predicted octanol–water partition coefficient (Wildman–Crippen LogP) is 2.98. The minimum absolute atomic E-state index is 0.541. The Morgan fingerprint density at radius 3 is 2.65 bits per heavy atom. The quantitative estimate of drug-likeness (QED) is 0.924. The molecule has 104 valence electrons. The number of rotatable bonds is 2. The third-order valence-corrected chi connectivity index (χ3v) is 3.34. The second-order valence-electron chi connectivity index (χ2n) is 4.56. The summed E-state index contributed by atoms with van der Waals surface area (Å²) in [6, 6.07) is 8.83. The Labute approximate surface area is 121 Å². The van der Waals surface area contributed by atoms with Gasteiger partial charge in [-0.2, -0.15) is 0 Å². The topological polar surface area (TPSA) is 51.6 Å². The first kappa shape index (κ1) is 13.2. The molecule has 1 aliphatic heterocycles. The summed E-state index contributed by atoms with van der Waals surface area (Å²) in [5, 5.41) is 10.9. The number of aliphatic hydroxyl groups is 1. The molecule has 0 radical (unpaired) electrons. The molecule has 5 heteroatoms. The van der Waals surface area contributed by atoms with E-state index in [1.807, 2.05) is 12.1 Å². The van der Waals surface area contributed by atoms with Crippen LogP contribution in [0.5, 0.6) is 11.5 Å². The van der Waals surface area contributed by atoms with Gasteiger partial charge in [0, 0.05) is 12.6 Å². The first-order valence-electron chi connectivity index (χ1n) is 6.43. The lowest BCUT2D eigenvalue weighted by molar-refractivity contribution is 0.214. The van der Waals surface area contributed by atoms with Crippen LogP contribution in [0, 0.1) is 0 Å². The van der Waals surface area contributed by atoms with Crippen molar-refractivity contribution < 1.29 is 14.6 Å². The number of halogens is 1. The van der Waals surface area contributed by atoms with E-state index in [1.165, 1.54) is 6.20 Å². The summed E-state index contributed by atoms with van der Waals surface area (Å²) in [5.74, 6) is 1.37. The molecule has 2 heterocycles. The molecule has 0 fully saturated rings. The van der Waals surface area contributed by atoms with E-state index in [-0.39, 0.29) is 0 Å². The van der Waals surface area contributed by atoms with Crippen molar-refractivity contribution in [2.24, 2.45) is 0 Å². The van der Waals surface area contributed by atoms with Gasteiger partial charge in [-0.05, 0) is 29.8 Å². The number of aliphatic hydroxyl groups excluding tert-OH is 1. The van der Waals surface area contributed by atoms with Gasteiger partial charge in [0.1, 0.15) is 6.10 Å². The average Bonchev–Trinajstić information content (AvgIpc) is 2.71. The van der Waals surface area contributed by atoms with Crippen LogP contribution in [0.4, 0.5) is 0 Å². The Morgan fingerprint density at radius 2 is 1.90 bits per heavy atom. The van der Waals surface area contributed by atoms with E-state index in [1.54, 1.807) is 18.2 Å². The zero-order valence-electron chi connectivity index (χ0n) is 10.8. The number of ether oxygens (including phenoxy) is 2. The lowest BCUT2D eigenvalue weighted by atomic mass is 10.1. The van der Waals surface area contributed by atoms with Gasteiger partial charge in [-0.15, -0.1) is 0 Å². The maximum Gasteiger partial charge on any atom is 0.161 e. The molecule has 2 aromatic rings. The van der Waals surface area contributed by atoms with Crippen molar-refractivity contribution >= 4 is 11.6 Å². The van der Waals surface area contributed by atoms with Crippen LogP contribution in [0.1, 0.15) is 23.8 Å². The third-order valence-electron chi connectivity index (χ3n) is 3.12. The van der Waals surface area contributed by atoms with Crippen molar-refractivity contribution in [2.75, 3.05) is 13.2 Å². The van der Waals surface area contributed by atoms with E-state index in [4.69, 9.17) is 21.1 Å². The molecule has 3 rings (SSSR count). The fraction of sp³-hybridized carbons (Fsp3) is 0.267. The van der Waals surface area contributed by atoms with Crippen molar-refractivity contribution in [1.29, 1.82) is 0 Å². The highest BCUT2D eigenvalue weighted by Crippen LogP contribution is 2.33. The number of hydrogen-bond acceptors (Lipinski definition) is 4. The molecule has 20 heavy (non-hydrogen) atoms. The first-order valence-corrected chi connectivity index (χ1v) is 6.81. The summed E-state index contributed by atoms with van der Waals surface area (Å²) >= 11 is 5.79. The SMILES string of the molecule is OC(c1ccc2c(c1)OCCCO2)c1ccc(Cl)cn1. The van der Waals surface area contributed by atoms with E-state index in [0.717, 1.165) is 6.42 Å². The Morgan fingerprint density at radius 1 is 1.10 bits per heavy atom. The highest BCUT2D eigenvalue weighted by molar-refractivity contribution is 6.30. The predicted molar refractivity (Wildman–Crippen MR) is 75.4 cm³/mol. The van der Waals surface area contributed by atoms with E-state index in [0.29, 0.717) is 41.0 Å². The normalized spacial score (nSPS) is 15.5. The zero-order valence-corrected chi connectivity index (χ0v) is 11.5. The van der Waals surface area contributed by atoms with Crippen molar-refractivity contribution in [2.45, 2.75) is 12.5 Å².